The van der Waals surface area contributed by atoms with Crippen LogP contribution >= 0.6 is 11.6 Å². The van der Waals surface area contributed by atoms with E-state index in [2.05, 4.69) is 41.5 Å². The lowest BCUT2D eigenvalue weighted by molar-refractivity contribution is -0.154. The Morgan fingerprint density at radius 3 is 2.22 bits per heavy atom. The number of carbonyl (C=O) groups excluding carboxylic acids is 4. The molecule has 6 rings (SSSR count). The number of rotatable bonds is 17. The summed E-state index contributed by atoms with van der Waals surface area (Å²) in [7, 11) is 1.13. The van der Waals surface area contributed by atoms with Gasteiger partial charge in [-0.3, -0.25) is 14.4 Å². The summed E-state index contributed by atoms with van der Waals surface area (Å²) in [5, 5.41) is 14.1. The van der Waals surface area contributed by atoms with Gasteiger partial charge in [-0.15, -0.1) is 0 Å². The summed E-state index contributed by atoms with van der Waals surface area (Å²) in [5.74, 6) is -3.08. The Balaban J connectivity index is 1.03. The molecule has 1 heterocycles. The van der Waals surface area contributed by atoms with Gasteiger partial charge in [-0.2, -0.15) is 28.1 Å². The van der Waals surface area contributed by atoms with Gasteiger partial charge in [-0.1, -0.05) is 60.1 Å². The van der Waals surface area contributed by atoms with Gasteiger partial charge in [0.25, 0.3) is 5.91 Å². The molecule has 0 spiro atoms. The molecule has 0 radical (unpaired) electrons. The van der Waals surface area contributed by atoms with Crippen molar-refractivity contribution in [1.29, 1.82) is 0 Å². The number of anilines is 4. The molecule has 0 bridgehead atoms. The maximum atomic E-state index is 13.2. The summed E-state index contributed by atoms with van der Waals surface area (Å²) in [6, 6.07) is 27.2. The average molecular weight is 847 g/mol. The van der Waals surface area contributed by atoms with Crippen LogP contribution in [-0.4, -0.2) is 71.1 Å². The SMILES string of the molecule is COC(=O)[C@H](CCNC(=O)C(=O)Nc1cccc(OCc2ccccc2)c1)NC(=O)c1ccc(Nc2nc(NC3(c4ccc(Cl)cc4)CC3)nc(OCC(F)(F)F)n2)cc1. The highest BCUT2D eigenvalue weighted by Gasteiger charge is 2.45. The zero-order valence-corrected chi connectivity index (χ0v) is 32.6. The minimum Gasteiger partial charge on any atom is -0.489 e. The Morgan fingerprint density at radius 1 is 0.817 bits per heavy atom. The second-order valence-electron chi connectivity index (χ2n) is 13.4. The van der Waals surface area contributed by atoms with Gasteiger partial charge in [0.15, 0.2) is 6.61 Å². The van der Waals surface area contributed by atoms with Crippen LogP contribution in [0.5, 0.6) is 11.8 Å². The zero-order chi connectivity index (χ0) is 42.7. The summed E-state index contributed by atoms with van der Waals surface area (Å²) in [6.45, 7) is -1.49. The van der Waals surface area contributed by atoms with Crippen LogP contribution in [0.2, 0.25) is 5.02 Å². The number of halogens is 4. The third-order valence-electron chi connectivity index (χ3n) is 8.94. The van der Waals surface area contributed by atoms with Gasteiger partial charge < -0.3 is 40.8 Å². The molecule has 3 amide bonds. The third kappa shape index (κ3) is 12.3. The Bertz CT molecular complexity index is 2300. The zero-order valence-electron chi connectivity index (χ0n) is 31.8. The molecule has 1 aliphatic carbocycles. The van der Waals surface area contributed by atoms with Gasteiger partial charge in [0.1, 0.15) is 18.4 Å². The van der Waals surface area contributed by atoms with E-state index < -0.39 is 54.1 Å². The summed E-state index contributed by atoms with van der Waals surface area (Å²) in [4.78, 5) is 63.3. The first-order chi connectivity index (χ1) is 28.8. The van der Waals surface area contributed by atoms with Crippen molar-refractivity contribution in [2.75, 3.05) is 36.2 Å². The molecule has 1 fully saturated rings. The van der Waals surface area contributed by atoms with Crippen LogP contribution in [0.3, 0.4) is 0 Å². The van der Waals surface area contributed by atoms with Gasteiger partial charge in [0.05, 0.1) is 12.6 Å². The van der Waals surface area contributed by atoms with Gasteiger partial charge in [0, 0.05) is 34.6 Å². The fourth-order valence-electron chi connectivity index (χ4n) is 5.74. The van der Waals surface area contributed by atoms with Crippen LogP contribution in [0.1, 0.15) is 40.7 Å². The van der Waals surface area contributed by atoms with Crippen molar-refractivity contribution in [2.45, 2.75) is 43.6 Å². The fraction of sp³-hybridized carbons (Fsp3) is 0.244. The molecule has 0 aliphatic heterocycles. The van der Waals surface area contributed by atoms with Crippen molar-refractivity contribution in [3.8, 4) is 11.8 Å². The van der Waals surface area contributed by atoms with E-state index in [1.165, 1.54) is 24.3 Å². The first kappa shape index (κ1) is 42.7. The van der Waals surface area contributed by atoms with Crippen LogP contribution in [0.4, 0.5) is 36.4 Å². The number of carbonyl (C=O) groups is 4. The quantitative estimate of drug-likeness (QED) is 0.0518. The van der Waals surface area contributed by atoms with Crippen molar-refractivity contribution in [3.05, 3.63) is 125 Å². The maximum absolute atomic E-state index is 13.2. The van der Waals surface area contributed by atoms with Gasteiger partial charge in [0.2, 0.25) is 11.9 Å². The highest BCUT2D eigenvalue weighted by atomic mass is 35.5. The molecule has 5 N–H and O–H groups in total. The van der Waals surface area contributed by atoms with E-state index in [1.54, 1.807) is 36.4 Å². The number of aromatic nitrogens is 3. The van der Waals surface area contributed by atoms with Crippen molar-refractivity contribution in [2.24, 2.45) is 0 Å². The normalized spacial score (nSPS) is 13.2. The topological polar surface area (TPSA) is 195 Å². The van der Waals surface area contributed by atoms with Crippen molar-refractivity contribution >= 4 is 58.6 Å². The van der Waals surface area contributed by atoms with Gasteiger partial charge in [-0.25, -0.2) is 4.79 Å². The third-order valence-corrected chi connectivity index (χ3v) is 9.19. The molecule has 60 heavy (non-hydrogen) atoms. The number of ether oxygens (including phenoxy) is 3. The van der Waals surface area contributed by atoms with E-state index in [0.29, 0.717) is 41.6 Å². The summed E-state index contributed by atoms with van der Waals surface area (Å²) in [6.07, 6.45) is -3.35. The average Bonchev–Trinajstić information content (AvgIpc) is 4.02. The smallest absolute Gasteiger partial charge is 0.422 e. The number of nitrogens with one attached hydrogen (secondary N) is 5. The Hall–Kier alpha value is -6.95. The molecule has 4 aromatic carbocycles. The number of nitrogens with zero attached hydrogens (tertiary/aromatic N) is 3. The van der Waals surface area contributed by atoms with Crippen LogP contribution in [0, 0.1) is 0 Å². The molecule has 0 saturated heterocycles. The van der Waals surface area contributed by atoms with Gasteiger partial charge in [-0.05, 0) is 78.9 Å². The lowest BCUT2D eigenvalue weighted by Crippen LogP contribution is -2.44. The summed E-state index contributed by atoms with van der Waals surface area (Å²) >= 11 is 6.04. The molecule has 1 atom stereocenters. The molecule has 1 saturated carbocycles. The molecule has 312 valence electrons. The molecule has 5 aromatic rings. The maximum Gasteiger partial charge on any atom is 0.422 e. The highest BCUT2D eigenvalue weighted by molar-refractivity contribution is 6.39. The van der Waals surface area contributed by atoms with E-state index in [0.717, 1.165) is 18.2 Å². The van der Waals surface area contributed by atoms with Crippen LogP contribution < -0.4 is 36.1 Å². The number of alkyl halides is 3. The molecule has 0 unspecified atom stereocenters. The van der Waals surface area contributed by atoms with Gasteiger partial charge >= 0.3 is 30.0 Å². The largest absolute Gasteiger partial charge is 0.489 e. The second kappa shape index (κ2) is 19.2. The minimum absolute atomic E-state index is 0.0335. The van der Waals surface area contributed by atoms with E-state index in [1.807, 2.05) is 42.5 Å². The molecule has 1 aliphatic rings. The number of esters is 1. The predicted octanol–water partition coefficient (Wildman–Crippen LogP) is 6.31. The van der Waals surface area contributed by atoms with Crippen molar-refractivity contribution in [3.63, 3.8) is 0 Å². The lowest BCUT2D eigenvalue weighted by Gasteiger charge is -2.19. The highest BCUT2D eigenvalue weighted by Crippen LogP contribution is 2.48. The molecule has 19 heteroatoms. The number of benzene rings is 4. The second-order valence-corrected chi connectivity index (χ2v) is 13.9. The van der Waals surface area contributed by atoms with Crippen molar-refractivity contribution < 1.29 is 46.6 Å². The van der Waals surface area contributed by atoms with E-state index >= 15 is 0 Å². The number of hydrogen-bond acceptors (Lipinski definition) is 12. The number of amides is 3. The Morgan fingerprint density at radius 2 is 1.53 bits per heavy atom. The molecule has 15 nitrogen and oxygen atoms in total. The summed E-state index contributed by atoms with van der Waals surface area (Å²) < 4.78 is 54.4. The first-order valence-corrected chi connectivity index (χ1v) is 18.8. The number of methoxy groups -OCH3 is 1. The van der Waals surface area contributed by atoms with Crippen LogP contribution in [-0.2, 0) is 31.3 Å². The minimum atomic E-state index is -4.64. The van der Waals surface area contributed by atoms with E-state index in [-0.39, 0.29) is 30.4 Å². The predicted molar refractivity (Wildman–Crippen MR) is 214 cm³/mol. The van der Waals surface area contributed by atoms with Crippen molar-refractivity contribution in [1.82, 2.24) is 25.6 Å². The molecular weight excluding hydrogens is 809 g/mol. The fourth-order valence-corrected chi connectivity index (χ4v) is 5.87. The van der Waals surface area contributed by atoms with E-state index in [4.69, 9.17) is 25.8 Å². The Labute approximate surface area is 346 Å². The Kier molecular flexibility index (Phi) is 13.6. The van der Waals surface area contributed by atoms with E-state index in [9.17, 15) is 32.3 Å². The first-order valence-electron chi connectivity index (χ1n) is 18.4. The monoisotopic (exact) mass is 846 g/mol. The van der Waals surface area contributed by atoms with Crippen LogP contribution in [0.25, 0.3) is 0 Å². The molecule has 1 aromatic heterocycles. The van der Waals surface area contributed by atoms with Crippen LogP contribution in [0.15, 0.2) is 103 Å². The summed E-state index contributed by atoms with van der Waals surface area (Å²) in [5.41, 5.74) is 2.08. The number of hydrogen-bond donors (Lipinski definition) is 5. The lowest BCUT2D eigenvalue weighted by atomic mass is 10.1. The standard InChI is InChI=1S/C41H38ClF3N8O7/c1-58-36(57)32(18-21-46-34(55)35(56)47-30-8-5-9-31(22-30)59-23-25-6-3-2-4-7-25)49-33(54)26-10-16-29(17-11-26)48-37-50-38(52-39(51-37)60-24-41(43,44)45)53-40(19-20-40)27-12-14-28(42)15-13-27/h2-17,22,32H,18-21,23-24H2,1H3,(H,46,55)(H,47,56)(H,49,54)(H2,48,50,51,52,53)/t32-/m0/s1. The molecular formula is C41H38ClF3N8O7.